The van der Waals surface area contributed by atoms with Crippen LogP contribution in [-0.2, 0) is 11.3 Å². The summed E-state index contributed by atoms with van der Waals surface area (Å²) in [6.07, 6.45) is 4.52. The Hall–Kier alpha value is -1.29. The summed E-state index contributed by atoms with van der Waals surface area (Å²) < 4.78 is 5.14. The molecule has 1 aliphatic rings. The molecular weight excluding hydrogens is 192 g/mol. The first-order valence-corrected chi connectivity index (χ1v) is 5.28. The van der Waals surface area contributed by atoms with Crippen molar-refractivity contribution in [1.82, 2.24) is 5.32 Å². The zero-order chi connectivity index (χ0) is 10.7. The number of nitrogens with two attached hydrogens (primary N) is 1. The quantitative estimate of drug-likeness (QED) is 0.776. The average molecular weight is 208 g/mol. The Kier molecular flexibility index (Phi) is 2.77. The van der Waals surface area contributed by atoms with Crippen LogP contribution in [-0.4, -0.2) is 12.5 Å². The minimum Gasteiger partial charge on any atom is -0.467 e. The molecule has 0 aliphatic heterocycles. The van der Waals surface area contributed by atoms with E-state index in [1.807, 2.05) is 12.1 Å². The highest BCUT2D eigenvalue weighted by Gasteiger charge is 2.42. The van der Waals surface area contributed by atoms with E-state index in [1.165, 1.54) is 0 Å². The van der Waals surface area contributed by atoms with Crippen molar-refractivity contribution in [3.05, 3.63) is 24.2 Å². The zero-order valence-corrected chi connectivity index (χ0v) is 8.66. The third-order valence-electron chi connectivity index (χ3n) is 3.19. The van der Waals surface area contributed by atoms with Gasteiger partial charge in [0.1, 0.15) is 5.76 Å². The van der Waals surface area contributed by atoms with Gasteiger partial charge in [0.15, 0.2) is 0 Å². The number of carbonyl (C=O) groups excluding carboxylic acids is 1. The molecule has 0 atom stereocenters. The molecule has 1 fully saturated rings. The van der Waals surface area contributed by atoms with Gasteiger partial charge in [-0.15, -0.1) is 0 Å². The van der Waals surface area contributed by atoms with Gasteiger partial charge in [-0.05, 0) is 25.0 Å². The van der Waals surface area contributed by atoms with E-state index in [-0.39, 0.29) is 11.3 Å². The van der Waals surface area contributed by atoms with Crippen LogP contribution >= 0.6 is 0 Å². The fourth-order valence-electron chi connectivity index (χ4n) is 1.90. The number of hydrogen-bond donors (Lipinski definition) is 2. The van der Waals surface area contributed by atoms with Crippen molar-refractivity contribution < 1.29 is 9.21 Å². The lowest BCUT2D eigenvalue weighted by Gasteiger charge is -2.38. The molecule has 0 radical (unpaired) electrons. The van der Waals surface area contributed by atoms with Crippen LogP contribution in [0.4, 0.5) is 0 Å². The topological polar surface area (TPSA) is 68.3 Å². The maximum Gasteiger partial charge on any atom is 0.227 e. The Morgan fingerprint density at radius 2 is 2.40 bits per heavy atom. The van der Waals surface area contributed by atoms with Gasteiger partial charge in [-0.25, -0.2) is 0 Å². The van der Waals surface area contributed by atoms with Crippen LogP contribution in [0.3, 0.4) is 0 Å². The standard InChI is InChI=1S/C11H16N2O2/c12-8-11(4-2-5-11)10(14)13-7-9-3-1-6-15-9/h1,3,6H,2,4-5,7-8,12H2,(H,13,14). The predicted molar refractivity (Wildman–Crippen MR) is 55.9 cm³/mol. The number of nitrogens with one attached hydrogen (secondary N) is 1. The van der Waals surface area contributed by atoms with Crippen molar-refractivity contribution in [2.75, 3.05) is 6.54 Å². The van der Waals surface area contributed by atoms with Crippen molar-refractivity contribution in [3.8, 4) is 0 Å². The molecule has 1 amide bonds. The molecular formula is C11H16N2O2. The highest BCUT2D eigenvalue weighted by atomic mass is 16.3. The average Bonchev–Trinajstić information content (AvgIpc) is 2.66. The normalized spacial score (nSPS) is 18.2. The highest BCUT2D eigenvalue weighted by Crippen LogP contribution is 2.39. The molecule has 3 N–H and O–H groups in total. The molecule has 0 saturated heterocycles. The Balaban J connectivity index is 1.87. The van der Waals surface area contributed by atoms with E-state index in [0.29, 0.717) is 13.1 Å². The second-order valence-corrected chi connectivity index (χ2v) is 4.10. The van der Waals surface area contributed by atoms with Gasteiger partial charge in [0.2, 0.25) is 5.91 Å². The van der Waals surface area contributed by atoms with Crippen LogP contribution in [0.2, 0.25) is 0 Å². The molecule has 4 heteroatoms. The van der Waals surface area contributed by atoms with Gasteiger partial charge in [0.05, 0.1) is 18.2 Å². The largest absolute Gasteiger partial charge is 0.467 e. The third kappa shape index (κ3) is 1.90. The van der Waals surface area contributed by atoms with Crippen LogP contribution in [0.5, 0.6) is 0 Å². The maximum absolute atomic E-state index is 11.8. The van der Waals surface area contributed by atoms with Crippen LogP contribution in [0.15, 0.2) is 22.8 Å². The number of amides is 1. The minimum atomic E-state index is -0.299. The van der Waals surface area contributed by atoms with Gasteiger partial charge in [-0.2, -0.15) is 0 Å². The van der Waals surface area contributed by atoms with Gasteiger partial charge in [-0.3, -0.25) is 4.79 Å². The first-order chi connectivity index (χ1) is 7.27. The fourth-order valence-corrected chi connectivity index (χ4v) is 1.90. The summed E-state index contributed by atoms with van der Waals surface area (Å²) in [7, 11) is 0. The number of carbonyl (C=O) groups is 1. The Morgan fingerprint density at radius 3 is 2.87 bits per heavy atom. The molecule has 15 heavy (non-hydrogen) atoms. The molecule has 0 bridgehead atoms. The van der Waals surface area contributed by atoms with E-state index in [2.05, 4.69) is 5.32 Å². The lowest BCUT2D eigenvalue weighted by molar-refractivity contribution is -0.135. The van der Waals surface area contributed by atoms with Gasteiger partial charge >= 0.3 is 0 Å². The SMILES string of the molecule is NCC1(C(=O)NCc2ccco2)CCC1. The lowest BCUT2D eigenvalue weighted by atomic mass is 9.68. The molecule has 1 aromatic rings. The molecule has 1 heterocycles. The predicted octanol–water partition coefficient (Wildman–Crippen LogP) is 1.02. The van der Waals surface area contributed by atoms with Crippen molar-refractivity contribution >= 4 is 5.91 Å². The van der Waals surface area contributed by atoms with Crippen molar-refractivity contribution in [3.63, 3.8) is 0 Å². The van der Waals surface area contributed by atoms with Crippen molar-refractivity contribution in [2.24, 2.45) is 11.1 Å². The molecule has 82 valence electrons. The van der Waals surface area contributed by atoms with Crippen molar-refractivity contribution in [1.29, 1.82) is 0 Å². The summed E-state index contributed by atoms with van der Waals surface area (Å²) in [5, 5.41) is 2.87. The van der Waals surface area contributed by atoms with Crippen LogP contribution < -0.4 is 11.1 Å². The maximum atomic E-state index is 11.8. The molecule has 0 unspecified atom stereocenters. The molecule has 1 saturated carbocycles. The van der Waals surface area contributed by atoms with Gasteiger partial charge < -0.3 is 15.5 Å². The van der Waals surface area contributed by atoms with E-state index >= 15 is 0 Å². The second-order valence-electron chi connectivity index (χ2n) is 4.10. The number of rotatable bonds is 4. The Labute approximate surface area is 88.8 Å². The molecule has 1 aliphatic carbocycles. The molecule has 0 spiro atoms. The smallest absolute Gasteiger partial charge is 0.227 e. The number of hydrogen-bond acceptors (Lipinski definition) is 3. The van der Waals surface area contributed by atoms with Gasteiger partial charge in [0.25, 0.3) is 0 Å². The zero-order valence-electron chi connectivity index (χ0n) is 8.66. The van der Waals surface area contributed by atoms with E-state index in [4.69, 9.17) is 10.2 Å². The fraction of sp³-hybridized carbons (Fsp3) is 0.545. The Bertz CT molecular complexity index is 323. The second kappa shape index (κ2) is 4.06. The summed E-state index contributed by atoms with van der Waals surface area (Å²) in [6, 6.07) is 3.65. The van der Waals surface area contributed by atoms with E-state index in [1.54, 1.807) is 6.26 Å². The monoisotopic (exact) mass is 208 g/mol. The molecule has 0 aromatic carbocycles. The van der Waals surface area contributed by atoms with E-state index in [0.717, 1.165) is 25.0 Å². The summed E-state index contributed by atoms with van der Waals surface area (Å²) >= 11 is 0. The van der Waals surface area contributed by atoms with Gasteiger partial charge in [-0.1, -0.05) is 6.42 Å². The van der Waals surface area contributed by atoms with Gasteiger partial charge in [0, 0.05) is 6.54 Å². The first-order valence-electron chi connectivity index (χ1n) is 5.28. The van der Waals surface area contributed by atoms with Crippen LogP contribution in [0.1, 0.15) is 25.0 Å². The van der Waals surface area contributed by atoms with E-state index in [9.17, 15) is 4.79 Å². The Morgan fingerprint density at radius 1 is 1.60 bits per heavy atom. The summed E-state index contributed by atoms with van der Waals surface area (Å²) in [5.41, 5.74) is 5.34. The minimum absolute atomic E-state index is 0.0626. The first kappa shape index (κ1) is 10.2. The van der Waals surface area contributed by atoms with Crippen molar-refractivity contribution in [2.45, 2.75) is 25.8 Å². The highest BCUT2D eigenvalue weighted by molar-refractivity contribution is 5.83. The molecule has 4 nitrogen and oxygen atoms in total. The number of furan rings is 1. The lowest BCUT2D eigenvalue weighted by Crippen LogP contribution is -2.50. The van der Waals surface area contributed by atoms with Crippen LogP contribution in [0.25, 0.3) is 0 Å². The molecule has 2 rings (SSSR count). The summed E-state index contributed by atoms with van der Waals surface area (Å²) in [5.74, 6) is 0.836. The third-order valence-corrected chi connectivity index (χ3v) is 3.19. The summed E-state index contributed by atoms with van der Waals surface area (Å²) in [6.45, 7) is 0.893. The summed E-state index contributed by atoms with van der Waals surface area (Å²) in [4.78, 5) is 11.8. The van der Waals surface area contributed by atoms with E-state index < -0.39 is 0 Å². The van der Waals surface area contributed by atoms with Crippen LogP contribution in [0, 0.1) is 5.41 Å². The molecule has 1 aromatic heterocycles.